The molecule has 2 aliphatic heterocycles. The maximum absolute atomic E-state index is 13.5. The van der Waals surface area contributed by atoms with Crippen molar-refractivity contribution < 1.29 is 19.1 Å². The van der Waals surface area contributed by atoms with Crippen LogP contribution in [0.3, 0.4) is 0 Å². The Labute approximate surface area is 214 Å². The van der Waals surface area contributed by atoms with Crippen LogP contribution >= 0.6 is 11.3 Å². The number of amides is 3. The van der Waals surface area contributed by atoms with Gasteiger partial charge in [-0.25, -0.2) is 9.97 Å². The number of hydrogen-bond acceptors (Lipinski definition) is 7. The van der Waals surface area contributed by atoms with Gasteiger partial charge in [-0.2, -0.15) is 0 Å². The smallest absolute Gasteiger partial charge is 0.263 e. The molecule has 5 rings (SSSR count). The molecule has 192 valence electrons. The lowest BCUT2D eigenvalue weighted by Gasteiger charge is -2.32. The molecule has 1 saturated carbocycles. The average molecular weight is 512 g/mol. The fraction of sp³-hybridized carbons (Fsp3) is 0.577. The van der Waals surface area contributed by atoms with E-state index in [4.69, 9.17) is 4.74 Å². The molecule has 1 spiro atoms. The molecule has 10 heteroatoms. The topological polar surface area (TPSA) is 122 Å². The van der Waals surface area contributed by atoms with Gasteiger partial charge in [-0.3, -0.25) is 14.4 Å². The molecule has 0 bridgehead atoms. The largest absolute Gasteiger partial charge is 0.381 e. The molecule has 1 saturated heterocycles. The fourth-order valence-corrected chi connectivity index (χ4v) is 6.58. The first-order valence-corrected chi connectivity index (χ1v) is 13.5. The summed E-state index contributed by atoms with van der Waals surface area (Å²) in [5.74, 6) is 0.414. The molecule has 3 amide bonds. The molecule has 3 N–H and O–H groups in total. The van der Waals surface area contributed by atoms with Crippen molar-refractivity contribution in [2.45, 2.75) is 70.8 Å². The first kappa shape index (κ1) is 24.8. The van der Waals surface area contributed by atoms with Crippen LogP contribution in [-0.2, 0) is 19.7 Å². The predicted octanol–water partition coefficient (Wildman–Crippen LogP) is 3.72. The van der Waals surface area contributed by atoms with E-state index < -0.39 is 11.5 Å². The number of anilines is 2. The number of nitrogens with zero attached hydrogens (tertiary/aromatic N) is 2. The zero-order chi connectivity index (χ0) is 25.4. The molecule has 2 fully saturated rings. The van der Waals surface area contributed by atoms with Gasteiger partial charge in [0.2, 0.25) is 11.8 Å². The summed E-state index contributed by atoms with van der Waals surface area (Å²) in [6, 6.07) is 1.03. The lowest BCUT2D eigenvalue weighted by atomic mass is 9.76. The maximum Gasteiger partial charge on any atom is 0.263 e. The van der Waals surface area contributed by atoms with Crippen molar-refractivity contribution >= 4 is 40.6 Å². The van der Waals surface area contributed by atoms with E-state index >= 15 is 0 Å². The molecule has 2 aromatic heterocycles. The minimum absolute atomic E-state index is 0.0391. The number of hydrogen-bond donors (Lipinski definition) is 3. The highest BCUT2D eigenvalue weighted by molar-refractivity contribution is 7.13. The summed E-state index contributed by atoms with van der Waals surface area (Å²) in [6.45, 7) is 6.96. The summed E-state index contributed by atoms with van der Waals surface area (Å²) in [7, 11) is 0. The Morgan fingerprint density at radius 2 is 1.92 bits per heavy atom. The van der Waals surface area contributed by atoms with Gasteiger partial charge in [-0.1, -0.05) is 19.8 Å². The molecule has 3 aliphatic rings. The molecule has 9 nitrogen and oxygen atoms in total. The number of aromatic nitrogens is 2. The molecular formula is C26H33N5O4S. The number of carbonyl (C=O) groups is 3. The van der Waals surface area contributed by atoms with Crippen LogP contribution in [0.25, 0.3) is 0 Å². The van der Waals surface area contributed by atoms with E-state index in [9.17, 15) is 14.4 Å². The van der Waals surface area contributed by atoms with E-state index in [0.29, 0.717) is 54.0 Å². The Morgan fingerprint density at radius 3 is 2.58 bits per heavy atom. The summed E-state index contributed by atoms with van der Waals surface area (Å²) >= 11 is 1.34. The van der Waals surface area contributed by atoms with E-state index in [1.54, 1.807) is 12.3 Å². The van der Waals surface area contributed by atoms with Gasteiger partial charge in [-0.15, -0.1) is 11.3 Å². The second-order valence-corrected chi connectivity index (χ2v) is 11.6. The molecule has 0 radical (unpaired) electrons. The first-order valence-electron chi connectivity index (χ1n) is 12.7. The average Bonchev–Trinajstić information content (AvgIpc) is 3.33. The number of nitrogens with one attached hydrogen (secondary N) is 3. The van der Waals surface area contributed by atoms with Crippen LogP contribution < -0.4 is 16.0 Å². The summed E-state index contributed by atoms with van der Waals surface area (Å²) < 4.78 is 5.46. The Balaban J connectivity index is 1.36. The second-order valence-electron chi connectivity index (χ2n) is 10.4. The van der Waals surface area contributed by atoms with Crippen molar-refractivity contribution in [3.05, 3.63) is 33.4 Å². The Kier molecular flexibility index (Phi) is 6.82. The second kappa shape index (κ2) is 9.89. The molecule has 36 heavy (non-hydrogen) atoms. The minimum Gasteiger partial charge on any atom is -0.381 e. The van der Waals surface area contributed by atoms with E-state index in [0.717, 1.165) is 36.3 Å². The van der Waals surface area contributed by atoms with E-state index in [1.165, 1.54) is 11.3 Å². The summed E-state index contributed by atoms with van der Waals surface area (Å²) in [6.07, 6.45) is 6.72. The van der Waals surface area contributed by atoms with Crippen LogP contribution in [-0.4, -0.2) is 46.9 Å². The predicted molar refractivity (Wildman–Crippen MR) is 137 cm³/mol. The van der Waals surface area contributed by atoms with Crippen LogP contribution in [0.15, 0.2) is 12.3 Å². The van der Waals surface area contributed by atoms with Crippen LogP contribution in [0.2, 0.25) is 0 Å². The number of pyridine rings is 1. The monoisotopic (exact) mass is 511 g/mol. The van der Waals surface area contributed by atoms with E-state index in [2.05, 4.69) is 32.8 Å². The van der Waals surface area contributed by atoms with Crippen molar-refractivity contribution in [2.75, 3.05) is 23.8 Å². The van der Waals surface area contributed by atoms with Crippen molar-refractivity contribution in [1.29, 1.82) is 0 Å². The fourth-order valence-electron chi connectivity index (χ4n) is 5.76. The number of carbonyl (C=O) groups excluding carboxylic acids is 3. The lowest BCUT2D eigenvalue weighted by Crippen LogP contribution is -2.49. The molecule has 2 aromatic rings. The van der Waals surface area contributed by atoms with Gasteiger partial charge >= 0.3 is 0 Å². The summed E-state index contributed by atoms with van der Waals surface area (Å²) in [5, 5.41) is 9.70. The molecule has 0 unspecified atom stereocenters. The van der Waals surface area contributed by atoms with Gasteiger partial charge in [0.25, 0.3) is 5.91 Å². The van der Waals surface area contributed by atoms with Crippen LogP contribution in [0.5, 0.6) is 0 Å². The van der Waals surface area contributed by atoms with Gasteiger partial charge in [0.05, 0.1) is 21.8 Å². The third kappa shape index (κ3) is 4.64. The maximum atomic E-state index is 13.5. The molecule has 1 atom stereocenters. The number of aryl methyl sites for hydroxylation is 2. The number of thiazole rings is 1. The summed E-state index contributed by atoms with van der Waals surface area (Å²) in [5.41, 5.74) is 1.60. The van der Waals surface area contributed by atoms with Gasteiger partial charge in [0.15, 0.2) is 0 Å². The van der Waals surface area contributed by atoms with E-state index in [-0.39, 0.29) is 23.6 Å². The minimum atomic E-state index is -0.682. The molecule has 0 aromatic carbocycles. The molecule has 1 aliphatic carbocycles. The SMILES string of the molecule is Cc1nc(C)c(C(=O)N[C@H](C(=O)Nc2cc3c(cn2)C2(CCOCC2)C(=O)N3)[C@H]2CC[C@H](C)CC2)s1. The van der Waals surface area contributed by atoms with Crippen molar-refractivity contribution in [3.63, 3.8) is 0 Å². The number of fused-ring (bicyclic) bond motifs is 2. The first-order chi connectivity index (χ1) is 17.3. The van der Waals surface area contributed by atoms with Crippen LogP contribution in [0.4, 0.5) is 11.5 Å². The van der Waals surface area contributed by atoms with Crippen molar-refractivity contribution in [2.24, 2.45) is 11.8 Å². The zero-order valence-corrected chi connectivity index (χ0v) is 21.8. The van der Waals surface area contributed by atoms with Gasteiger partial charge in [0.1, 0.15) is 16.7 Å². The Bertz CT molecular complexity index is 1180. The van der Waals surface area contributed by atoms with Gasteiger partial charge in [-0.05, 0) is 51.4 Å². The van der Waals surface area contributed by atoms with Crippen LogP contribution in [0.1, 0.15) is 71.4 Å². The van der Waals surface area contributed by atoms with Crippen molar-refractivity contribution in [3.8, 4) is 0 Å². The van der Waals surface area contributed by atoms with E-state index in [1.807, 2.05) is 13.8 Å². The highest BCUT2D eigenvalue weighted by Crippen LogP contribution is 2.44. The third-order valence-corrected chi connectivity index (χ3v) is 8.98. The highest BCUT2D eigenvalue weighted by Gasteiger charge is 2.48. The number of ether oxygens (including phenoxy) is 1. The highest BCUT2D eigenvalue weighted by atomic mass is 32.1. The Morgan fingerprint density at radius 1 is 1.19 bits per heavy atom. The standard InChI is InChI=1S/C26H33N5O4S/c1-14-4-6-17(7-5-14)21(31-24(33)22-15(2)28-16(3)36-22)23(32)30-20-12-19-18(13-27-20)26(25(34)29-19)8-10-35-11-9-26/h12-14,17,21H,4-11H2,1-3H3,(H,29,34)(H,31,33)(H,27,30,32)/t14-,17-,21-/m0/s1. The van der Waals surface area contributed by atoms with Gasteiger partial charge in [0, 0.05) is 31.0 Å². The van der Waals surface area contributed by atoms with Crippen molar-refractivity contribution in [1.82, 2.24) is 15.3 Å². The zero-order valence-electron chi connectivity index (χ0n) is 21.0. The number of rotatable bonds is 5. The third-order valence-electron chi connectivity index (χ3n) is 7.91. The molecular weight excluding hydrogens is 478 g/mol. The Hall–Kier alpha value is -2.85. The van der Waals surface area contributed by atoms with Gasteiger partial charge < -0.3 is 20.7 Å². The quantitative estimate of drug-likeness (QED) is 0.562. The summed E-state index contributed by atoms with van der Waals surface area (Å²) in [4.78, 5) is 48.9. The lowest BCUT2D eigenvalue weighted by molar-refractivity contribution is -0.124. The normalized spacial score (nSPS) is 23.6. The van der Waals surface area contributed by atoms with Crippen LogP contribution in [0, 0.1) is 25.7 Å². The molecule has 4 heterocycles.